The zero-order valence-electron chi connectivity index (χ0n) is 8.48. The van der Waals surface area contributed by atoms with E-state index >= 15 is 0 Å². The van der Waals surface area contributed by atoms with E-state index in [0.717, 1.165) is 0 Å². The monoisotopic (exact) mass is 297 g/mol. The van der Waals surface area contributed by atoms with E-state index in [0.29, 0.717) is 0 Å². The van der Waals surface area contributed by atoms with Crippen molar-refractivity contribution in [3.05, 3.63) is 28.0 Å². The molecule has 0 saturated heterocycles. The van der Waals surface area contributed by atoms with E-state index in [2.05, 4.69) is 10.3 Å². The van der Waals surface area contributed by atoms with Crippen molar-refractivity contribution in [2.75, 3.05) is 12.3 Å². The second-order valence-corrected chi connectivity index (χ2v) is 5.57. The number of sulfonamides is 1. The van der Waals surface area contributed by atoms with Crippen LogP contribution in [0.2, 0.25) is 10.3 Å². The van der Waals surface area contributed by atoms with Crippen LogP contribution in [0.15, 0.2) is 12.1 Å². The van der Waals surface area contributed by atoms with Crippen LogP contribution < -0.4 is 10.5 Å². The molecule has 0 saturated carbocycles. The minimum atomic E-state index is -3.60. The number of nitrogens with zero attached hydrogens (tertiary/aromatic N) is 1. The SMILES string of the molecule is NS(=O)(=O)CCNC(=O)c1ccc(Cl)nc1Cl. The number of primary sulfonamides is 1. The number of halogens is 2. The lowest BCUT2D eigenvalue weighted by Crippen LogP contribution is -2.31. The molecule has 0 aliphatic carbocycles. The van der Waals surface area contributed by atoms with Crippen molar-refractivity contribution in [3.8, 4) is 0 Å². The van der Waals surface area contributed by atoms with E-state index < -0.39 is 15.9 Å². The normalized spacial score (nSPS) is 11.2. The quantitative estimate of drug-likeness (QED) is 0.786. The molecule has 0 bridgehead atoms. The van der Waals surface area contributed by atoms with Gasteiger partial charge in [-0.25, -0.2) is 18.5 Å². The van der Waals surface area contributed by atoms with Crippen molar-refractivity contribution >= 4 is 39.1 Å². The molecule has 17 heavy (non-hydrogen) atoms. The molecule has 0 aromatic carbocycles. The maximum Gasteiger partial charge on any atom is 0.254 e. The maximum absolute atomic E-state index is 11.5. The Morgan fingerprint density at radius 1 is 1.41 bits per heavy atom. The van der Waals surface area contributed by atoms with Gasteiger partial charge in [0.15, 0.2) is 0 Å². The van der Waals surface area contributed by atoms with Gasteiger partial charge in [-0.3, -0.25) is 4.79 Å². The predicted molar refractivity (Wildman–Crippen MR) is 64.6 cm³/mol. The van der Waals surface area contributed by atoms with E-state index in [1.807, 2.05) is 0 Å². The van der Waals surface area contributed by atoms with E-state index in [-0.39, 0.29) is 28.2 Å². The van der Waals surface area contributed by atoms with E-state index in [9.17, 15) is 13.2 Å². The molecule has 9 heteroatoms. The van der Waals surface area contributed by atoms with Crippen LogP contribution in [-0.2, 0) is 10.0 Å². The highest BCUT2D eigenvalue weighted by Crippen LogP contribution is 2.16. The summed E-state index contributed by atoms with van der Waals surface area (Å²) in [7, 11) is -3.60. The number of hydrogen-bond donors (Lipinski definition) is 2. The van der Waals surface area contributed by atoms with Crippen molar-refractivity contribution in [2.45, 2.75) is 0 Å². The Bertz CT molecular complexity index is 533. The molecule has 0 fully saturated rings. The van der Waals surface area contributed by atoms with Gasteiger partial charge in [-0.05, 0) is 12.1 Å². The fourth-order valence-electron chi connectivity index (χ4n) is 0.984. The minimum Gasteiger partial charge on any atom is -0.351 e. The number of rotatable bonds is 4. The lowest BCUT2D eigenvalue weighted by Gasteiger charge is -2.05. The summed E-state index contributed by atoms with van der Waals surface area (Å²) in [4.78, 5) is 15.2. The van der Waals surface area contributed by atoms with Gasteiger partial charge in [0.25, 0.3) is 5.91 Å². The first-order chi connectivity index (χ1) is 7.79. The first-order valence-corrected chi connectivity index (χ1v) is 6.87. The molecular weight excluding hydrogens is 289 g/mol. The fourth-order valence-corrected chi connectivity index (χ4v) is 1.80. The van der Waals surface area contributed by atoms with Gasteiger partial charge in [0.05, 0.1) is 11.3 Å². The van der Waals surface area contributed by atoms with Crippen molar-refractivity contribution < 1.29 is 13.2 Å². The average Bonchev–Trinajstić information content (AvgIpc) is 2.15. The highest BCUT2D eigenvalue weighted by atomic mass is 35.5. The van der Waals surface area contributed by atoms with Gasteiger partial charge < -0.3 is 5.32 Å². The summed E-state index contributed by atoms with van der Waals surface area (Å²) in [6, 6.07) is 2.80. The molecule has 1 aromatic heterocycles. The first kappa shape index (κ1) is 14.2. The minimum absolute atomic E-state index is 0.0504. The number of amides is 1. The third-order valence-corrected chi connectivity index (χ3v) is 3.00. The second kappa shape index (κ2) is 5.63. The Morgan fingerprint density at radius 3 is 2.59 bits per heavy atom. The van der Waals surface area contributed by atoms with Crippen LogP contribution in [0.5, 0.6) is 0 Å². The van der Waals surface area contributed by atoms with E-state index in [1.54, 1.807) is 0 Å². The van der Waals surface area contributed by atoms with Gasteiger partial charge in [-0.15, -0.1) is 0 Å². The number of pyridine rings is 1. The molecule has 3 N–H and O–H groups in total. The lowest BCUT2D eigenvalue weighted by molar-refractivity contribution is 0.0956. The number of nitrogens with one attached hydrogen (secondary N) is 1. The molecule has 0 aliphatic rings. The molecule has 1 aromatic rings. The molecule has 0 spiro atoms. The third kappa shape index (κ3) is 4.86. The Morgan fingerprint density at radius 2 is 2.06 bits per heavy atom. The van der Waals surface area contributed by atoms with Gasteiger partial charge >= 0.3 is 0 Å². The predicted octanol–water partition coefficient (Wildman–Crippen LogP) is 0.407. The molecule has 1 rings (SSSR count). The third-order valence-electron chi connectivity index (χ3n) is 1.73. The summed E-state index contributed by atoms with van der Waals surface area (Å²) in [6.45, 7) is -0.101. The molecule has 0 unspecified atom stereocenters. The van der Waals surface area contributed by atoms with Crippen LogP contribution >= 0.6 is 23.2 Å². The summed E-state index contributed by atoms with van der Waals surface area (Å²) in [6.07, 6.45) is 0. The maximum atomic E-state index is 11.5. The average molecular weight is 298 g/mol. The molecule has 1 amide bonds. The van der Waals surface area contributed by atoms with Gasteiger partial charge in [0.1, 0.15) is 10.3 Å². The van der Waals surface area contributed by atoms with Crippen LogP contribution in [0.3, 0.4) is 0 Å². The van der Waals surface area contributed by atoms with E-state index in [1.165, 1.54) is 12.1 Å². The number of carbonyl (C=O) groups excluding carboxylic acids is 1. The van der Waals surface area contributed by atoms with Gasteiger partial charge in [-0.2, -0.15) is 0 Å². The highest BCUT2D eigenvalue weighted by Gasteiger charge is 2.12. The summed E-state index contributed by atoms with van der Waals surface area (Å²) in [5.74, 6) is -0.889. The molecule has 94 valence electrons. The van der Waals surface area contributed by atoms with Gasteiger partial charge in [-0.1, -0.05) is 23.2 Å². The zero-order valence-corrected chi connectivity index (χ0v) is 10.8. The summed E-state index contributed by atoms with van der Waals surface area (Å²) >= 11 is 11.3. The molecule has 0 atom stereocenters. The van der Waals surface area contributed by atoms with Crippen molar-refractivity contribution in [1.29, 1.82) is 0 Å². The molecule has 6 nitrogen and oxygen atoms in total. The largest absolute Gasteiger partial charge is 0.351 e. The van der Waals surface area contributed by atoms with E-state index in [4.69, 9.17) is 28.3 Å². The summed E-state index contributed by atoms with van der Waals surface area (Å²) < 4.78 is 21.3. The van der Waals surface area contributed by atoms with Crippen LogP contribution in [0.1, 0.15) is 10.4 Å². The Labute approximate surface area is 108 Å². The zero-order chi connectivity index (χ0) is 13.1. The van der Waals surface area contributed by atoms with Crippen LogP contribution in [0, 0.1) is 0 Å². The molecule has 1 heterocycles. The molecule has 0 radical (unpaired) electrons. The number of hydrogen-bond acceptors (Lipinski definition) is 4. The van der Waals surface area contributed by atoms with Gasteiger partial charge in [0.2, 0.25) is 10.0 Å². The summed E-state index contributed by atoms with van der Waals surface area (Å²) in [5.41, 5.74) is 0.116. The van der Waals surface area contributed by atoms with Crippen molar-refractivity contribution in [3.63, 3.8) is 0 Å². The molecular formula is C8H9Cl2N3O3S. The Balaban J connectivity index is 2.65. The lowest BCUT2D eigenvalue weighted by atomic mass is 10.3. The van der Waals surface area contributed by atoms with Crippen molar-refractivity contribution in [1.82, 2.24) is 10.3 Å². The Kier molecular flexibility index (Phi) is 4.70. The second-order valence-electron chi connectivity index (χ2n) is 3.10. The fraction of sp³-hybridized carbons (Fsp3) is 0.250. The van der Waals surface area contributed by atoms with Crippen molar-refractivity contribution in [2.24, 2.45) is 5.14 Å². The van der Waals surface area contributed by atoms with Crippen LogP contribution in [-0.4, -0.2) is 31.6 Å². The Hall–Kier alpha value is -0.890. The molecule has 0 aliphatic heterocycles. The smallest absolute Gasteiger partial charge is 0.254 e. The van der Waals surface area contributed by atoms with Gasteiger partial charge in [0, 0.05) is 6.54 Å². The van der Waals surface area contributed by atoms with Crippen LogP contribution in [0.4, 0.5) is 0 Å². The topological polar surface area (TPSA) is 102 Å². The first-order valence-electron chi connectivity index (χ1n) is 4.40. The van der Waals surface area contributed by atoms with Crippen LogP contribution in [0.25, 0.3) is 0 Å². The number of nitrogens with two attached hydrogens (primary N) is 1. The number of carbonyl (C=O) groups is 1. The standard InChI is InChI=1S/C8H9Cl2N3O3S/c9-6-2-1-5(7(10)13-6)8(14)12-3-4-17(11,15)16/h1-2H,3-4H2,(H,12,14)(H2,11,15,16). The highest BCUT2D eigenvalue weighted by molar-refractivity contribution is 7.89. The number of aromatic nitrogens is 1. The summed E-state index contributed by atoms with van der Waals surface area (Å²) in [5, 5.41) is 7.24.